The Morgan fingerprint density at radius 1 is 1.75 bits per heavy atom. The van der Waals surface area contributed by atoms with E-state index < -0.39 is 6.03 Å². The van der Waals surface area contributed by atoms with Crippen LogP contribution in [-0.4, -0.2) is 21.7 Å². The molecule has 0 aromatic heterocycles. The van der Waals surface area contributed by atoms with Crippen LogP contribution in [0.25, 0.3) is 0 Å². The number of urea groups is 1. The van der Waals surface area contributed by atoms with Crippen LogP contribution in [0.15, 0.2) is 5.10 Å². The lowest BCUT2D eigenvalue weighted by Gasteiger charge is -2.41. The second-order valence-corrected chi connectivity index (χ2v) is 5.21. The van der Waals surface area contributed by atoms with Crippen LogP contribution in [0.4, 0.5) is 4.79 Å². The largest absolute Gasteiger partial charge is 0.350 e. The van der Waals surface area contributed by atoms with Gasteiger partial charge in [0, 0.05) is 5.25 Å². The van der Waals surface area contributed by atoms with E-state index in [0.29, 0.717) is 5.25 Å². The van der Waals surface area contributed by atoms with Gasteiger partial charge < -0.3 is 5.73 Å². The standard InChI is InChI=1S/C7H13N3OS/c1-4-5(7(2,3)12-4)9-10-6(8)11/h4H,1-3H3,(H3,8,10,11)/b9-5+. The van der Waals surface area contributed by atoms with Crippen molar-refractivity contribution < 1.29 is 4.79 Å². The van der Waals surface area contributed by atoms with Crippen molar-refractivity contribution in [2.45, 2.75) is 30.8 Å². The maximum absolute atomic E-state index is 10.4. The molecule has 1 unspecified atom stereocenters. The fourth-order valence-electron chi connectivity index (χ4n) is 1.33. The van der Waals surface area contributed by atoms with Crippen LogP contribution >= 0.6 is 11.8 Å². The molecule has 1 aliphatic heterocycles. The summed E-state index contributed by atoms with van der Waals surface area (Å²) in [5, 5.41) is 4.32. The fraction of sp³-hybridized carbons (Fsp3) is 0.714. The molecule has 4 nitrogen and oxygen atoms in total. The molecule has 1 rings (SSSR count). The number of hydrazone groups is 1. The van der Waals surface area contributed by atoms with Gasteiger partial charge in [0.2, 0.25) is 0 Å². The normalized spacial score (nSPS) is 29.6. The first-order valence-electron chi connectivity index (χ1n) is 3.75. The minimum absolute atomic E-state index is 0.0435. The number of hydrogen-bond acceptors (Lipinski definition) is 3. The van der Waals surface area contributed by atoms with E-state index in [4.69, 9.17) is 5.73 Å². The molecule has 12 heavy (non-hydrogen) atoms. The lowest BCUT2D eigenvalue weighted by Crippen LogP contribution is -2.48. The van der Waals surface area contributed by atoms with E-state index in [0.717, 1.165) is 5.71 Å². The van der Waals surface area contributed by atoms with Gasteiger partial charge in [0.05, 0.1) is 10.5 Å². The highest BCUT2D eigenvalue weighted by molar-refractivity contribution is 8.05. The summed E-state index contributed by atoms with van der Waals surface area (Å²) >= 11 is 1.82. The van der Waals surface area contributed by atoms with E-state index in [9.17, 15) is 4.79 Å². The third-order valence-corrected chi connectivity index (χ3v) is 3.14. The Bertz CT molecular complexity index is 237. The molecule has 3 N–H and O–H groups in total. The van der Waals surface area contributed by atoms with E-state index in [2.05, 4.69) is 31.3 Å². The second kappa shape index (κ2) is 2.97. The summed E-state index contributed by atoms with van der Waals surface area (Å²) in [6, 6.07) is -0.609. The van der Waals surface area contributed by atoms with Crippen LogP contribution in [0.2, 0.25) is 0 Å². The summed E-state index contributed by atoms with van der Waals surface area (Å²) in [5.41, 5.74) is 8.13. The zero-order chi connectivity index (χ0) is 9.35. The van der Waals surface area contributed by atoms with E-state index in [1.54, 1.807) is 0 Å². The molecule has 0 radical (unpaired) electrons. The van der Waals surface area contributed by atoms with Gasteiger partial charge in [-0.25, -0.2) is 10.2 Å². The van der Waals surface area contributed by atoms with Crippen LogP contribution in [0.3, 0.4) is 0 Å². The van der Waals surface area contributed by atoms with Gasteiger partial charge in [-0.2, -0.15) is 5.10 Å². The third-order valence-electron chi connectivity index (χ3n) is 1.76. The molecule has 1 fully saturated rings. The second-order valence-electron chi connectivity index (χ2n) is 3.24. The number of nitrogens with one attached hydrogen (secondary N) is 1. The minimum Gasteiger partial charge on any atom is -0.350 e. The van der Waals surface area contributed by atoms with Crippen LogP contribution in [0, 0.1) is 0 Å². The first-order chi connectivity index (χ1) is 5.43. The van der Waals surface area contributed by atoms with Crippen molar-refractivity contribution in [2.75, 3.05) is 0 Å². The summed E-state index contributed by atoms with van der Waals surface area (Å²) in [5.74, 6) is 0. The minimum atomic E-state index is -0.609. The molecule has 1 atom stereocenters. The van der Waals surface area contributed by atoms with Gasteiger partial charge in [-0.1, -0.05) is 0 Å². The average Bonchev–Trinajstić information content (AvgIpc) is 1.84. The van der Waals surface area contributed by atoms with Gasteiger partial charge in [-0.15, -0.1) is 11.8 Å². The Labute approximate surface area is 76.0 Å². The summed E-state index contributed by atoms with van der Waals surface area (Å²) in [7, 11) is 0. The number of nitrogens with zero attached hydrogens (tertiary/aromatic N) is 1. The molecule has 0 aliphatic carbocycles. The van der Waals surface area contributed by atoms with Crippen molar-refractivity contribution in [1.29, 1.82) is 0 Å². The molecule has 0 saturated carbocycles. The molecule has 2 amide bonds. The molecule has 0 aromatic carbocycles. The number of rotatable bonds is 1. The molecule has 1 heterocycles. The van der Waals surface area contributed by atoms with E-state index >= 15 is 0 Å². The highest BCUT2D eigenvalue weighted by atomic mass is 32.2. The van der Waals surface area contributed by atoms with Gasteiger partial charge in [0.1, 0.15) is 0 Å². The fourth-order valence-corrected chi connectivity index (χ4v) is 2.83. The lowest BCUT2D eigenvalue weighted by molar-refractivity contribution is 0.249. The Morgan fingerprint density at radius 2 is 2.33 bits per heavy atom. The van der Waals surface area contributed by atoms with Crippen LogP contribution in [0.5, 0.6) is 0 Å². The first kappa shape index (κ1) is 9.38. The maximum atomic E-state index is 10.4. The molecule has 5 heteroatoms. The predicted octanol–water partition coefficient (Wildman–Crippen LogP) is 0.925. The Morgan fingerprint density at radius 3 is 2.67 bits per heavy atom. The highest BCUT2D eigenvalue weighted by Gasteiger charge is 2.42. The maximum Gasteiger partial charge on any atom is 0.332 e. The van der Waals surface area contributed by atoms with Gasteiger partial charge in [-0.3, -0.25) is 0 Å². The Hall–Kier alpha value is -0.710. The summed E-state index contributed by atoms with van der Waals surface area (Å²) in [4.78, 5) is 10.4. The Balaban J connectivity index is 2.61. The molecule has 1 saturated heterocycles. The monoisotopic (exact) mass is 187 g/mol. The van der Waals surface area contributed by atoms with Gasteiger partial charge >= 0.3 is 6.03 Å². The van der Waals surface area contributed by atoms with Gasteiger partial charge in [0.15, 0.2) is 0 Å². The summed E-state index contributed by atoms with van der Waals surface area (Å²) < 4.78 is 0.0435. The predicted molar refractivity (Wildman–Crippen MR) is 51.3 cm³/mol. The van der Waals surface area contributed by atoms with Crippen molar-refractivity contribution in [3.63, 3.8) is 0 Å². The van der Waals surface area contributed by atoms with E-state index in [1.807, 2.05) is 11.8 Å². The van der Waals surface area contributed by atoms with Crippen molar-refractivity contribution in [3.8, 4) is 0 Å². The number of thioether (sulfide) groups is 1. The van der Waals surface area contributed by atoms with Crippen molar-refractivity contribution in [2.24, 2.45) is 10.8 Å². The average molecular weight is 187 g/mol. The SMILES string of the molecule is CC1SC(C)(C)/C1=N/NC(N)=O. The van der Waals surface area contributed by atoms with E-state index in [-0.39, 0.29) is 4.75 Å². The summed E-state index contributed by atoms with van der Waals surface area (Å²) in [6.07, 6.45) is 0. The number of nitrogens with two attached hydrogens (primary N) is 1. The summed E-state index contributed by atoms with van der Waals surface area (Å²) in [6.45, 7) is 6.19. The van der Waals surface area contributed by atoms with Crippen LogP contribution in [0.1, 0.15) is 20.8 Å². The third kappa shape index (κ3) is 1.72. The topological polar surface area (TPSA) is 67.5 Å². The first-order valence-corrected chi connectivity index (χ1v) is 4.63. The molecule has 0 bridgehead atoms. The molecule has 0 spiro atoms. The molecular formula is C7H13N3OS. The van der Waals surface area contributed by atoms with Crippen LogP contribution < -0.4 is 11.2 Å². The quantitative estimate of drug-likeness (QED) is 0.599. The zero-order valence-electron chi connectivity index (χ0n) is 7.42. The number of hydrogen-bond donors (Lipinski definition) is 2. The molecule has 1 aliphatic rings. The van der Waals surface area contributed by atoms with E-state index in [1.165, 1.54) is 0 Å². The van der Waals surface area contributed by atoms with Crippen molar-refractivity contribution in [3.05, 3.63) is 0 Å². The molecule has 0 aromatic rings. The number of amides is 2. The van der Waals surface area contributed by atoms with Crippen molar-refractivity contribution >= 4 is 23.5 Å². The van der Waals surface area contributed by atoms with Crippen LogP contribution in [-0.2, 0) is 0 Å². The molecule has 68 valence electrons. The zero-order valence-corrected chi connectivity index (χ0v) is 8.23. The molecular weight excluding hydrogens is 174 g/mol. The number of carbonyl (C=O) groups excluding carboxylic acids is 1. The van der Waals surface area contributed by atoms with Gasteiger partial charge in [-0.05, 0) is 20.8 Å². The Kier molecular flexibility index (Phi) is 2.32. The number of primary amides is 1. The smallest absolute Gasteiger partial charge is 0.332 e. The van der Waals surface area contributed by atoms with Crippen molar-refractivity contribution in [1.82, 2.24) is 5.43 Å². The number of carbonyl (C=O) groups is 1. The lowest BCUT2D eigenvalue weighted by atomic mass is 10.0. The highest BCUT2D eigenvalue weighted by Crippen LogP contribution is 2.43. The van der Waals surface area contributed by atoms with Gasteiger partial charge in [0.25, 0.3) is 0 Å².